The van der Waals surface area contributed by atoms with Crippen molar-refractivity contribution in [1.82, 2.24) is 0 Å². The third-order valence-corrected chi connectivity index (χ3v) is 4.97. The number of allylic oxidation sites excluding steroid dienone is 2. The molecule has 1 heteroatoms. The van der Waals surface area contributed by atoms with E-state index < -0.39 is 0 Å². The maximum atomic E-state index is 5.83. The maximum absolute atomic E-state index is 5.83. The summed E-state index contributed by atoms with van der Waals surface area (Å²) >= 11 is 0. The zero-order valence-electron chi connectivity index (χ0n) is 14.0. The van der Waals surface area contributed by atoms with E-state index in [-0.39, 0.29) is 0 Å². The minimum absolute atomic E-state index is 0.390. The highest BCUT2D eigenvalue weighted by Crippen LogP contribution is 2.50. The van der Waals surface area contributed by atoms with Gasteiger partial charge in [-0.15, -0.1) is 0 Å². The predicted octanol–water partition coefficient (Wildman–Crippen LogP) is 5.52. The molecule has 4 rings (SSSR count). The highest BCUT2D eigenvalue weighted by atomic mass is 16.5. The fraction of sp³-hybridized carbons (Fsp3) is 0.217. The molecule has 0 saturated carbocycles. The van der Waals surface area contributed by atoms with Crippen molar-refractivity contribution in [1.29, 1.82) is 0 Å². The summed E-state index contributed by atoms with van der Waals surface area (Å²) in [7, 11) is 0. The van der Waals surface area contributed by atoms with Crippen LogP contribution in [0.2, 0.25) is 0 Å². The van der Waals surface area contributed by atoms with Gasteiger partial charge in [0.2, 0.25) is 0 Å². The van der Waals surface area contributed by atoms with E-state index in [1.54, 1.807) is 0 Å². The van der Waals surface area contributed by atoms with Gasteiger partial charge in [-0.25, -0.2) is 0 Å². The van der Waals surface area contributed by atoms with Crippen LogP contribution in [0.3, 0.4) is 0 Å². The Morgan fingerprint density at radius 1 is 0.917 bits per heavy atom. The predicted molar refractivity (Wildman–Crippen MR) is 100 cm³/mol. The second-order valence-corrected chi connectivity index (χ2v) is 6.37. The van der Waals surface area contributed by atoms with E-state index in [2.05, 4.69) is 79.7 Å². The zero-order chi connectivity index (χ0) is 16.4. The Morgan fingerprint density at radius 2 is 1.62 bits per heavy atom. The molecule has 120 valence electrons. The molecule has 24 heavy (non-hydrogen) atoms. The first kappa shape index (κ1) is 15.2. The van der Waals surface area contributed by atoms with Crippen LogP contribution in [0.5, 0.6) is 0 Å². The van der Waals surface area contributed by atoms with Crippen molar-refractivity contribution in [3.05, 3.63) is 94.6 Å². The second-order valence-electron chi connectivity index (χ2n) is 6.37. The van der Waals surface area contributed by atoms with Crippen molar-refractivity contribution in [3.8, 4) is 0 Å². The average molecular weight is 314 g/mol. The van der Waals surface area contributed by atoms with Crippen LogP contribution in [0.25, 0.3) is 11.6 Å². The molecule has 0 amide bonds. The molecule has 0 fully saturated rings. The molecule has 1 aliphatic carbocycles. The van der Waals surface area contributed by atoms with Crippen molar-refractivity contribution in [2.45, 2.75) is 13.3 Å². The number of fused-ring (bicyclic) bond motifs is 1. The first-order valence-electron chi connectivity index (χ1n) is 8.70. The lowest BCUT2D eigenvalue weighted by molar-refractivity contribution is 0.165. The molecule has 0 bridgehead atoms. The number of rotatable bonds is 4. The summed E-state index contributed by atoms with van der Waals surface area (Å²) < 4.78 is 5.83. The Morgan fingerprint density at radius 3 is 2.33 bits per heavy atom. The molecular formula is C23H22O. The fourth-order valence-electron chi connectivity index (χ4n) is 3.76. The van der Waals surface area contributed by atoms with Gasteiger partial charge in [0.05, 0.1) is 13.2 Å². The standard InChI is InChI=1S/C23H22O/c1-2-18-15-24-16-21-22(18)20(14-13-17-9-5-3-6-10-17)23(21)19-11-7-4-8-12-19/h3-14,20H,2,15-16H2,1H3/b14-13+. The van der Waals surface area contributed by atoms with E-state index in [0.29, 0.717) is 5.92 Å². The van der Waals surface area contributed by atoms with Crippen molar-refractivity contribution in [2.24, 2.45) is 5.92 Å². The smallest absolute Gasteiger partial charge is 0.0727 e. The van der Waals surface area contributed by atoms with Crippen LogP contribution in [0, 0.1) is 5.92 Å². The minimum Gasteiger partial charge on any atom is -0.372 e. The van der Waals surface area contributed by atoms with Gasteiger partial charge in [-0.1, -0.05) is 79.7 Å². The minimum atomic E-state index is 0.390. The third kappa shape index (κ3) is 2.65. The van der Waals surface area contributed by atoms with Crippen molar-refractivity contribution < 1.29 is 4.74 Å². The highest BCUT2D eigenvalue weighted by Gasteiger charge is 2.37. The van der Waals surface area contributed by atoms with Crippen LogP contribution in [-0.2, 0) is 4.74 Å². The molecule has 0 aromatic heterocycles. The van der Waals surface area contributed by atoms with Crippen LogP contribution < -0.4 is 0 Å². The summed E-state index contributed by atoms with van der Waals surface area (Å²) in [5.74, 6) is 0.390. The largest absolute Gasteiger partial charge is 0.372 e. The van der Waals surface area contributed by atoms with Crippen molar-refractivity contribution in [2.75, 3.05) is 13.2 Å². The zero-order valence-corrected chi connectivity index (χ0v) is 14.0. The molecule has 1 aliphatic heterocycles. The van der Waals surface area contributed by atoms with Gasteiger partial charge in [-0.3, -0.25) is 0 Å². The molecule has 1 unspecified atom stereocenters. The SMILES string of the molecule is CCC1=C2C(=C(c3ccccc3)C2/C=C/c2ccccc2)COC1. The van der Waals surface area contributed by atoms with Gasteiger partial charge in [0, 0.05) is 5.92 Å². The molecule has 0 radical (unpaired) electrons. The molecule has 0 saturated heterocycles. The summed E-state index contributed by atoms with van der Waals surface area (Å²) in [6.07, 6.45) is 5.67. The quantitative estimate of drug-likeness (QED) is 0.722. The highest BCUT2D eigenvalue weighted by molar-refractivity contribution is 5.88. The van der Waals surface area contributed by atoms with Crippen LogP contribution in [0.4, 0.5) is 0 Å². The lowest BCUT2D eigenvalue weighted by Gasteiger charge is -2.40. The Hall–Kier alpha value is -2.38. The summed E-state index contributed by atoms with van der Waals surface area (Å²) in [4.78, 5) is 0. The van der Waals surface area contributed by atoms with Gasteiger partial charge < -0.3 is 4.74 Å². The number of ether oxygens (including phenoxy) is 1. The molecule has 1 atom stereocenters. The van der Waals surface area contributed by atoms with Gasteiger partial charge in [0.15, 0.2) is 0 Å². The van der Waals surface area contributed by atoms with E-state index in [4.69, 9.17) is 4.74 Å². The Kier molecular flexibility index (Phi) is 4.18. The van der Waals surface area contributed by atoms with E-state index in [0.717, 1.165) is 19.6 Å². The second kappa shape index (κ2) is 6.62. The lowest BCUT2D eigenvalue weighted by Crippen LogP contribution is -2.29. The van der Waals surface area contributed by atoms with E-state index in [1.165, 1.54) is 33.4 Å². The number of hydrogen-bond donors (Lipinski definition) is 0. The molecule has 0 spiro atoms. The maximum Gasteiger partial charge on any atom is 0.0727 e. The van der Waals surface area contributed by atoms with Crippen molar-refractivity contribution >= 4 is 11.6 Å². The van der Waals surface area contributed by atoms with E-state index in [1.807, 2.05) is 0 Å². The topological polar surface area (TPSA) is 9.23 Å². The van der Waals surface area contributed by atoms with Gasteiger partial charge in [-0.05, 0) is 39.8 Å². The third-order valence-electron chi connectivity index (χ3n) is 4.97. The normalized spacial score (nSPS) is 20.3. The van der Waals surface area contributed by atoms with Crippen LogP contribution >= 0.6 is 0 Å². The number of benzene rings is 2. The molecule has 2 aliphatic rings. The summed E-state index contributed by atoms with van der Waals surface area (Å²) in [5, 5.41) is 0. The molecule has 2 aromatic rings. The average Bonchev–Trinajstić information content (AvgIpc) is 2.64. The van der Waals surface area contributed by atoms with E-state index in [9.17, 15) is 0 Å². The van der Waals surface area contributed by atoms with E-state index >= 15 is 0 Å². The molecular weight excluding hydrogens is 292 g/mol. The van der Waals surface area contributed by atoms with Gasteiger partial charge in [0.25, 0.3) is 0 Å². The monoisotopic (exact) mass is 314 g/mol. The first-order chi connectivity index (χ1) is 11.9. The van der Waals surface area contributed by atoms with Crippen molar-refractivity contribution in [3.63, 3.8) is 0 Å². The Bertz CT molecular complexity index is 810. The fourth-order valence-corrected chi connectivity index (χ4v) is 3.76. The lowest BCUT2D eigenvalue weighted by atomic mass is 9.67. The first-order valence-corrected chi connectivity index (χ1v) is 8.70. The summed E-state index contributed by atoms with van der Waals surface area (Å²) in [6.45, 7) is 3.76. The summed E-state index contributed by atoms with van der Waals surface area (Å²) in [5.41, 5.74) is 8.40. The molecule has 1 nitrogen and oxygen atoms in total. The van der Waals surface area contributed by atoms with Gasteiger partial charge in [0.1, 0.15) is 0 Å². The Labute approximate surface area is 144 Å². The van der Waals surface area contributed by atoms with Crippen LogP contribution in [0.15, 0.2) is 83.5 Å². The Balaban J connectivity index is 1.76. The molecule has 2 aromatic carbocycles. The van der Waals surface area contributed by atoms with Gasteiger partial charge in [-0.2, -0.15) is 0 Å². The van der Waals surface area contributed by atoms with Crippen LogP contribution in [0.1, 0.15) is 24.5 Å². The summed E-state index contributed by atoms with van der Waals surface area (Å²) in [6, 6.07) is 21.3. The van der Waals surface area contributed by atoms with Crippen LogP contribution in [-0.4, -0.2) is 13.2 Å². The number of hydrogen-bond acceptors (Lipinski definition) is 1. The van der Waals surface area contributed by atoms with Gasteiger partial charge >= 0.3 is 0 Å². The molecule has 1 heterocycles. The molecule has 0 N–H and O–H groups in total.